The molecule has 0 saturated carbocycles. The number of hydrogen-bond donors (Lipinski definition) is 0. The molecule has 0 atom stereocenters. The molecule has 4 aliphatic rings. The van der Waals surface area contributed by atoms with Gasteiger partial charge in [-0.3, -0.25) is 0 Å². The van der Waals surface area contributed by atoms with Crippen molar-refractivity contribution < 1.29 is 0 Å². The van der Waals surface area contributed by atoms with E-state index in [1.165, 1.54) is 117 Å². The van der Waals surface area contributed by atoms with Crippen LogP contribution >= 0.6 is 11.3 Å². The summed E-state index contributed by atoms with van der Waals surface area (Å²) in [5.41, 5.74) is 24.6. The Bertz CT molecular complexity index is 3810. The minimum absolute atomic E-state index is 0.0124. The van der Waals surface area contributed by atoms with E-state index in [-0.39, 0.29) is 39.2 Å². The smallest absolute Gasteiger partial charge is 0.264 e. The van der Waals surface area contributed by atoms with Crippen molar-refractivity contribution in [2.45, 2.75) is 155 Å². The van der Waals surface area contributed by atoms with Crippen molar-refractivity contribution in [3.8, 4) is 11.1 Å². The molecule has 1 aromatic heterocycles. The molecule has 9 aromatic rings. The van der Waals surface area contributed by atoms with Gasteiger partial charge in [-0.05, 0) is 192 Å². The largest absolute Gasteiger partial charge is 0.311 e. The summed E-state index contributed by atoms with van der Waals surface area (Å²) in [6, 6.07) is 66.0. The molecule has 2 aliphatic heterocycles. The van der Waals surface area contributed by atoms with Crippen molar-refractivity contribution in [2.75, 3.05) is 14.7 Å². The van der Waals surface area contributed by atoms with Gasteiger partial charge in [-0.25, -0.2) is 0 Å². The number of para-hydroxylation sites is 2. The maximum atomic E-state index is 2.75. The van der Waals surface area contributed by atoms with Gasteiger partial charge < -0.3 is 14.7 Å². The molecule has 0 amide bonds. The lowest BCUT2D eigenvalue weighted by Crippen LogP contribution is -2.60. The molecule has 3 nitrogen and oxygen atoms in total. The van der Waals surface area contributed by atoms with Crippen molar-refractivity contribution in [3.63, 3.8) is 0 Å². The van der Waals surface area contributed by atoms with Crippen LogP contribution in [0.25, 0.3) is 21.2 Å². The second-order valence-corrected chi connectivity index (χ2v) is 29.5. The third kappa shape index (κ3) is 8.42. The van der Waals surface area contributed by atoms with Crippen molar-refractivity contribution in [1.82, 2.24) is 0 Å². The van der Waals surface area contributed by atoms with Gasteiger partial charge in [0.15, 0.2) is 0 Å². The van der Waals surface area contributed by atoms with Gasteiger partial charge >= 0.3 is 0 Å². The highest BCUT2D eigenvalue weighted by molar-refractivity contribution is 7.33. The first-order valence-electron chi connectivity index (χ1n) is 29.2. The zero-order valence-electron chi connectivity index (χ0n) is 49.3. The molecule has 0 fully saturated rings. The molecule has 398 valence electrons. The molecule has 3 heterocycles. The van der Waals surface area contributed by atoms with Gasteiger partial charge in [-0.1, -0.05) is 188 Å². The highest BCUT2D eigenvalue weighted by Gasteiger charge is 2.48. The number of anilines is 9. The van der Waals surface area contributed by atoms with Crippen molar-refractivity contribution in [1.29, 1.82) is 0 Å². The highest BCUT2D eigenvalue weighted by atomic mass is 32.1. The second-order valence-electron chi connectivity index (χ2n) is 28.4. The summed E-state index contributed by atoms with van der Waals surface area (Å²) < 4.78 is 2.79. The molecule has 0 saturated heterocycles. The third-order valence-electron chi connectivity index (χ3n) is 19.0. The van der Waals surface area contributed by atoms with E-state index in [2.05, 4.69) is 281 Å². The normalized spacial score (nSPS) is 17.4. The van der Waals surface area contributed by atoms with E-state index in [0.29, 0.717) is 0 Å². The Morgan fingerprint density at radius 2 is 0.937 bits per heavy atom. The Morgan fingerprint density at radius 3 is 1.49 bits per heavy atom. The monoisotopic (exact) mass is 1050 g/mol. The van der Waals surface area contributed by atoms with Crippen LogP contribution in [0, 0.1) is 0 Å². The number of benzene rings is 8. The lowest BCUT2D eigenvalue weighted by atomic mass is 9.36. The number of rotatable bonds is 6. The van der Waals surface area contributed by atoms with E-state index in [0.717, 1.165) is 29.9 Å². The lowest BCUT2D eigenvalue weighted by Gasteiger charge is -2.46. The molecule has 79 heavy (non-hydrogen) atoms. The molecule has 13 rings (SSSR count). The van der Waals surface area contributed by atoms with E-state index in [1.54, 1.807) is 0 Å². The summed E-state index contributed by atoms with van der Waals surface area (Å²) in [6.07, 6.45) is 4.66. The van der Waals surface area contributed by atoms with Gasteiger partial charge in [-0.2, -0.15) is 0 Å². The standard InChI is InChI=1S/C74H78BN3S/c1-69(2,3)49-39-50(70(4,5)6)41-54(40-49)77-62-33-30-48(47-24-18-15-19-25-47)38-61(62)75-66-63(77)43-55(76(51-26-20-16-21-27-51)52-28-22-17-23-29-52)44-64(66)78(53-31-32-57-58(42-53)72(9,10)35-34-71(57,7)8)67-56-45-59-60(46-65(56)79-68(67)75)74(13,14)37-36-73(59,11)12/h15-33,38-46H,34-37H2,1-14H3. The Labute approximate surface area is 476 Å². The summed E-state index contributed by atoms with van der Waals surface area (Å²) in [4.78, 5) is 7.91. The third-order valence-corrected chi connectivity index (χ3v) is 20.2. The average Bonchev–Trinajstić information content (AvgIpc) is 4.02. The van der Waals surface area contributed by atoms with Crippen LogP contribution in [-0.4, -0.2) is 6.71 Å². The van der Waals surface area contributed by atoms with E-state index < -0.39 is 0 Å². The van der Waals surface area contributed by atoms with Crippen LogP contribution in [0.15, 0.2) is 170 Å². The Morgan fingerprint density at radius 1 is 0.430 bits per heavy atom. The van der Waals surface area contributed by atoms with Crippen LogP contribution in [-0.2, 0) is 32.5 Å². The summed E-state index contributed by atoms with van der Waals surface area (Å²) in [7, 11) is 0. The van der Waals surface area contributed by atoms with Crippen LogP contribution in [0.1, 0.15) is 156 Å². The van der Waals surface area contributed by atoms with Gasteiger partial charge in [0, 0.05) is 54.7 Å². The molecule has 2 aliphatic carbocycles. The van der Waals surface area contributed by atoms with Gasteiger partial charge in [-0.15, -0.1) is 11.3 Å². The van der Waals surface area contributed by atoms with Gasteiger partial charge in [0.05, 0.1) is 11.4 Å². The number of fused-ring (bicyclic) bond motifs is 8. The SMILES string of the molecule is CC(C)(C)c1cc(N2c3ccc(-c4ccccc4)cc3B3c4sc5cc6c(cc5c4N(c4ccc5c(c4)C(C)(C)CCC5(C)C)c4cc(N(c5ccccc5)c5ccccc5)cc2c43)C(C)(C)CCC6(C)C)cc(C(C)(C)C)c1. The van der Waals surface area contributed by atoms with Crippen molar-refractivity contribution >= 4 is 95.0 Å². The number of thiophene rings is 1. The predicted octanol–water partition coefficient (Wildman–Crippen LogP) is 19.4. The van der Waals surface area contributed by atoms with E-state index in [1.807, 2.05) is 11.3 Å². The first-order valence-corrected chi connectivity index (χ1v) is 30.0. The Balaban J connectivity index is 1.22. The molecule has 0 spiro atoms. The van der Waals surface area contributed by atoms with E-state index in [9.17, 15) is 0 Å². The van der Waals surface area contributed by atoms with Crippen LogP contribution in [0.4, 0.5) is 51.2 Å². The van der Waals surface area contributed by atoms with Crippen LogP contribution in [0.5, 0.6) is 0 Å². The molecule has 0 radical (unpaired) electrons. The summed E-state index contributed by atoms with van der Waals surface area (Å²) in [6.45, 7) is 34.0. The Hall–Kier alpha value is -6.82. The van der Waals surface area contributed by atoms with Gasteiger partial charge in [0.2, 0.25) is 0 Å². The minimum Gasteiger partial charge on any atom is -0.311 e. The quantitative estimate of drug-likeness (QED) is 0.154. The zero-order valence-corrected chi connectivity index (χ0v) is 50.1. The summed E-state index contributed by atoms with van der Waals surface area (Å²) in [5, 5.41) is 1.36. The van der Waals surface area contributed by atoms with E-state index >= 15 is 0 Å². The fourth-order valence-electron chi connectivity index (χ4n) is 13.9. The molecule has 0 bridgehead atoms. The fourth-order valence-corrected chi connectivity index (χ4v) is 15.3. The topological polar surface area (TPSA) is 9.72 Å². The first-order chi connectivity index (χ1) is 37.4. The Kier molecular flexibility index (Phi) is 11.7. The van der Waals surface area contributed by atoms with Crippen molar-refractivity contribution in [3.05, 3.63) is 203 Å². The summed E-state index contributed by atoms with van der Waals surface area (Å²) in [5.74, 6) is 0. The van der Waals surface area contributed by atoms with E-state index in [4.69, 9.17) is 0 Å². The molecular weight excluding hydrogens is 974 g/mol. The van der Waals surface area contributed by atoms with Crippen molar-refractivity contribution in [2.24, 2.45) is 0 Å². The number of nitrogens with zero attached hydrogens (tertiary/aromatic N) is 3. The van der Waals surface area contributed by atoms with Crippen LogP contribution < -0.4 is 30.4 Å². The summed E-state index contributed by atoms with van der Waals surface area (Å²) >= 11 is 2.05. The average molecular weight is 1050 g/mol. The molecule has 5 heteroatoms. The molecule has 0 N–H and O–H groups in total. The van der Waals surface area contributed by atoms with Crippen LogP contribution in [0.3, 0.4) is 0 Å². The molecule has 8 aromatic carbocycles. The lowest BCUT2D eigenvalue weighted by molar-refractivity contribution is 0.332. The van der Waals surface area contributed by atoms with Crippen LogP contribution in [0.2, 0.25) is 0 Å². The second kappa shape index (κ2) is 17.8. The molecule has 0 unspecified atom stereocenters. The fraction of sp³-hybridized carbons (Fsp3) is 0.324. The minimum atomic E-state index is -0.0904. The van der Waals surface area contributed by atoms with Gasteiger partial charge in [0.1, 0.15) is 0 Å². The maximum absolute atomic E-state index is 2.75. The maximum Gasteiger partial charge on any atom is 0.264 e. The highest BCUT2D eigenvalue weighted by Crippen LogP contribution is 2.56. The predicted molar refractivity (Wildman–Crippen MR) is 344 cm³/mol. The van der Waals surface area contributed by atoms with Gasteiger partial charge in [0.25, 0.3) is 6.71 Å². The first kappa shape index (κ1) is 51.6. The zero-order chi connectivity index (χ0) is 55.3. The number of hydrogen-bond acceptors (Lipinski definition) is 4. The molecular formula is C74H78BN3S.